The van der Waals surface area contributed by atoms with Crippen LogP contribution in [0.4, 0.5) is 5.69 Å². The van der Waals surface area contributed by atoms with Gasteiger partial charge in [0.25, 0.3) is 10.0 Å². The number of hydrogen-bond donors (Lipinski definition) is 1. The highest BCUT2D eigenvalue weighted by atomic mass is 32.2. The van der Waals surface area contributed by atoms with Crippen LogP contribution in [0, 0.1) is 0 Å². The summed E-state index contributed by atoms with van der Waals surface area (Å²) in [5.41, 5.74) is 2.03. The average Bonchev–Trinajstić information content (AvgIpc) is 2.99. The molecule has 0 aliphatic rings. The summed E-state index contributed by atoms with van der Waals surface area (Å²) in [6.45, 7) is 5.90. The van der Waals surface area contributed by atoms with Gasteiger partial charge in [0.15, 0.2) is 0 Å². The molecule has 0 saturated carbocycles. The molecule has 3 aromatic carbocycles. The third kappa shape index (κ3) is 7.41. The Hall–Kier alpha value is -3.85. The number of rotatable bonds is 14. The number of aryl methyl sites for hydroxylation is 1. The maximum atomic E-state index is 14.1. The predicted molar refractivity (Wildman–Crippen MR) is 158 cm³/mol. The van der Waals surface area contributed by atoms with E-state index in [0.717, 1.165) is 17.5 Å². The number of carbonyl (C=O) groups is 2. The van der Waals surface area contributed by atoms with Gasteiger partial charge in [-0.2, -0.15) is 0 Å². The molecule has 0 aliphatic carbocycles. The van der Waals surface area contributed by atoms with Gasteiger partial charge in [0, 0.05) is 13.1 Å². The van der Waals surface area contributed by atoms with Crippen LogP contribution in [0.2, 0.25) is 0 Å². The fourth-order valence-electron chi connectivity index (χ4n) is 4.50. The van der Waals surface area contributed by atoms with Gasteiger partial charge >= 0.3 is 0 Å². The van der Waals surface area contributed by atoms with Crippen LogP contribution in [0.5, 0.6) is 5.75 Å². The van der Waals surface area contributed by atoms with Crippen LogP contribution in [0.3, 0.4) is 0 Å². The van der Waals surface area contributed by atoms with Gasteiger partial charge in [-0.25, -0.2) is 8.42 Å². The van der Waals surface area contributed by atoms with Crippen LogP contribution in [0.1, 0.15) is 44.7 Å². The average molecular weight is 566 g/mol. The van der Waals surface area contributed by atoms with Crippen molar-refractivity contribution in [1.82, 2.24) is 10.2 Å². The number of benzene rings is 3. The third-order valence-corrected chi connectivity index (χ3v) is 8.47. The second kappa shape index (κ2) is 14.5. The van der Waals surface area contributed by atoms with E-state index < -0.39 is 28.5 Å². The summed E-state index contributed by atoms with van der Waals surface area (Å²) in [7, 11) is -2.52. The molecule has 0 fully saturated rings. The number of sulfonamides is 1. The van der Waals surface area contributed by atoms with Gasteiger partial charge in [-0.3, -0.25) is 13.9 Å². The quantitative estimate of drug-likeness (QED) is 0.303. The molecule has 1 N–H and O–H groups in total. The lowest BCUT2D eigenvalue weighted by molar-refractivity contribution is -0.140. The van der Waals surface area contributed by atoms with Crippen molar-refractivity contribution in [2.75, 3.05) is 24.5 Å². The van der Waals surface area contributed by atoms with Crippen molar-refractivity contribution < 1.29 is 22.7 Å². The fraction of sp³-hybridized carbons (Fsp3) is 0.355. The third-order valence-electron chi connectivity index (χ3n) is 6.70. The van der Waals surface area contributed by atoms with E-state index in [9.17, 15) is 18.0 Å². The lowest BCUT2D eigenvalue weighted by Gasteiger charge is -2.33. The van der Waals surface area contributed by atoms with Gasteiger partial charge < -0.3 is 15.0 Å². The molecular weight excluding hydrogens is 526 g/mol. The second-order valence-electron chi connectivity index (χ2n) is 9.39. The topological polar surface area (TPSA) is 96.0 Å². The van der Waals surface area contributed by atoms with E-state index in [1.165, 1.54) is 21.3 Å². The van der Waals surface area contributed by atoms with E-state index in [0.29, 0.717) is 30.8 Å². The van der Waals surface area contributed by atoms with E-state index in [1.54, 1.807) is 49.6 Å². The first-order valence-corrected chi connectivity index (χ1v) is 15.1. The van der Waals surface area contributed by atoms with Crippen LogP contribution in [0.25, 0.3) is 0 Å². The maximum Gasteiger partial charge on any atom is 0.264 e. The van der Waals surface area contributed by atoms with Crippen molar-refractivity contribution in [2.24, 2.45) is 0 Å². The minimum absolute atomic E-state index is 0.0862. The smallest absolute Gasteiger partial charge is 0.264 e. The van der Waals surface area contributed by atoms with Gasteiger partial charge in [-0.1, -0.05) is 69.3 Å². The number of nitrogens with zero attached hydrogens (tertiary/aromatic N) is 2. The highest BCUT2D eigenvalue weighted by Crippen LogP contribution is 2.28. The summed E-state index contributed by atoms with van der Waals surface area (Å²) in [5.74, 6) is -0.0666. The van der Waals surface area contributed by atoms with Gasteiger partial charge in [0.05, 0.1) is 17.7 Å². The summed E-state index contributed by atoms with van der Waals surface area (Å²) >= 11 is 0. The molecule has 40 heavy (non-hydrogen) atoms. The second-order valence-corrected chi connectivity index (χ2v) is 11.3. The van der Waals surface area contributed by atoms with Gasteiger partial charge in [0.1, 0.15) is 18.3 Å². The molecule has 0 aliphatic heterocycles. The predicted octanol–water partition coefficient (Wildman–Crippen LogP) is 4.79. The Morgan fingerprint density at radius 2 is 1.55 bits per heavy atom. The highest BCUT2D eigenvalue weighted by molar-refractivity contribution is 7.92. The first kappa shape index (κ1) is 30.7. The largest absolute Gasteiger partial charge is 0.497 e. The van der Waals surface area contributed by atoms with E-state index in [-0.39, 0.29) is 17.3 Å². The molecular formula is C31H39N3O5S. The van der Waals surface area contributed by atoms with Crippen molar-refractivity contribution in [1.29, 1.82) is 0 Å². The molecule has 3 aromatic rings. The molecule has 8 nitrogen and oxygen atoms in total. The Morgan fingerprint density at radius 3 is 2.15 bits per heavy atom. The van der Waals surface area contributed by atoms with Crippen LogP contribution in [-0.4, -0.2) is 51.4 Å². The minimum atomic E-state index is -4.10. The Labute approximate surface area is 238 Å². The monoisotopic (exact) mass is 565 g/mol. The van der Waals surface area contributed by atoms with Crippen LogP contribution < -0.4 is 14.4 Å². The van der Waals surface area contributed by atoms with Crippen molar-refractivity contribution >= 4 is 27.5 Å². The Balaban J connectivity index is 2.07. The Morgan fingerprint density at radius 1 is 0.900 bits per heavy atom. The molecule has 0 radical (unpaired) electrons. The fourth-order valence-corrected chi connectivity index (χ4v) is 5.97. The van der Waals surface area contributed by atoms with Crippen LogP contribution in [-0.2, 0) is 32.6 Å². The molecule has 9 heteroatoms. The van der Waals surface area contributed by atoms with Crippen molar-refractivity contribution in [2.45, 2.75) is 57.5 Å². The molecule has 0 aromatic heterocycles. The maximum absolute atomic E-state index is 14.1. The van der Waals surface area contributed by atoms with E-state index in [4.69, 9.17) is 4.74 Å². The van der Waals surface area contributed by atoms with E-state index >= 15 is 0 Å². The summed E-state index contributed by atoms with van der Waals surface area (Å²) < 4.78 is 34.4. The number of nitrogens with one attached hydrogen (secondary N) is 1. The molecule has 0 unspecified atom stereocenters. The normalized spacial score (nSPS) is 11.9. The zero-order valence-corrected chi connectivity index (χ0v) is 24.5. The first-order valence-electron chi connectivity index (χ1n) is 13.6. The zero-order chi connectivity index (χ0) is 29.1. The van der Waals surface area contributed by atoms with Crippen molar-refractivity contribution in [3.8, 4) is 5.75 Å². The molecule has 1 atom stereocenters. The zero-order valence-electron chi connectivity index (χ0n) is 23.7. The van der Waals surface area contributed by atoms with Crippen LogP contribution in [0.15, 0.2) is 83.8 Å². The molecule has 0 heterocycles. The van der Waals surface area contributed by atoms with Gasteiger partial charge in [-0.15, -0.1) is 0 Å². The van der Waals surface area contributed by atoms with E-state index in [1.807, 2.05) is 45.0 Å². The number of carbonyl (C=O) groups excluding carboxylic acids is 2. The number of ether oxygens (including phenoxy) is 1. The Kier molecular flexibility index (Phi) is 11.1. The summed E-state index contributed by atoms with van der Waals surface area (Å²) in [6, 6.07) is 21.7. The molecule has 0 bridgehead atoms. The molecule has 0 saturated heterocycles. The number of para-hydroxylation sites is 1. The van der Waals surface area contributed by atoms with E-state index in [2.05, 4.69) is 5.32 Å². The Bertz CT molecular complexity index is 1360. The highest BCUT2D eigenvalue weighted by Gasteiger charge is 2.34. The number of methoxy groups -OCH3 is 1. The lowest BCUT2D eigenvalue weighted by atomic mass is 10.1. The molecule has 214 valence electrons. The first-order chi connectivity index (χ1) is 19.3. The standard InChI is InChI=1S/C31H39N3O5S/c1-5-21-32-31(36)28(7-3)33(22-24-17-19-26(39-4)20-18-24)30(35)23-34(29-16-12-11-13-25(29)6-2)40(37,38)27-14-9-8-10-15-27/h8-20,28H,5-7,21-23H2,1-4H3,(H,32,36)/t28-/m0/s1. The number of anilines is 1. The molecule has 0 spiro atoms. The lowest BCUT2D eigenvalue weighted by Crippen LogP contribution is -2.52. The summed E-state index contributed by atoms with van der Waals surface area (Å²) in [6.07, 6.45) is 1.71. The van der Waals surface area contributed by atoms with Gasteiger partial charge in [-0.05, 0) is 60.7 Å². The molecule has 3 rings (SSSR count). The molecule has 2 amide bonds. The van der Waals surface area contributed by atoms with Crippen LogP contribution >= 0.6 is 0 Å². The summed E-state index contributed by atoms with van der Waals surface area (Å²) in [4.78, 5) is 28.9. The van der Waals surface area contributed by atoms with Crippen molar-refractivity contribution in [3.05, 3.63) is 90.0 Å². The minimum Gasteiger partial charge on any atom is -0.497 e. The SMILES string of the molecule is CCCNC(=O)[C@H](CC)N(Cc1ccc(OC)cc1)C(=O)CN(c1ccccc1CC)S(=O)(=O)c1ccccc1. The van der Waals surface area contributed by atoms with Gasteiger partial charge in [0.2, 0.25) is 11.8 Å². The number of amides is 2. The summed E-state index contributed by atoms with van der Waals surface area (Å²) in [5, 5.41) is 2.90. The van der Waals surface area contributed by atoms with Crippen molar-refractivity contribution in [3.63, 3.8) is 0 Å². The number of hydrogen-bond acceptors (Lipinski definition) is 5.